The van der Waals surface area contributed by atoms with E-state index in [2.05, 4.69) is 46.1 Å². The molecule has 2 rings (SSSR count). The van der Waals surface area contributed by atoms with Gasteiger partial charge in [0.25, 0.3) is 5.91 Å². The van der Waals surface area contributed by atoms with Crippen LogP contribution in [0.3, 0.4) is 0 Å². The summed E-state index contributed by atoms with van der Waals surface area (Å²) in [4.78, 5) is 19.9. The number of nitrogens with one attached hydrogen (secondary N) is 1. The summed E-state index contributed by atoms with van der Waals surface area (Å²) in [5, 5.41) is 18.5. The lowest BCUT2D eigenvalue weighted by Crippen LogP contribution is -2.14. The molecule has 1 heterocycles. The average Bonchev–Trinajstić information content (AvgIpc) is 2.66. The second kappa shape index (κ2) is 14.9. The van der Waals surface area contributed by atoms with E-state index in [1.165, 1.54) is 6.20 Å². The minimum absolute atomic E-state index is 0.281. The van der Waals surface area contributed by atoms with Crippen molar-refractivity contribution in [3.63, 3.8) is 0 Å². The van der Waals surface area contributed by atoms with Crippen LogP contribution in [0, 0.1) is 30.6 Å². The van der Waals surface area contributed by atoms with Crippen LogP contribution in [0.5, 0.6) is 5.75 Å². The van der Waals surface area contributed by atoms with Gasteiger partial charge in [0, 0.05) is 37.8 Å². The predicted molar refractivity (Wildman–Crippen MR) is 94.8 cm³/mol. The Kier molecular flexibility index (Phi) is 13.9. The number of benzene rings is 1. The van der Waals surface area contributed by atoms with Crippen LogP contribution in [-0.2, 0) is 0 Å². The topological polar surface area (TPSA) is 150 Å². The Balaban J connectivity index is 0. The molecule has 9 heteroatoms. The van der Waals surface area contributed by atoms with Crippen LogP contribution in [0.4, 0.5) is 5.69 Å². The number of hydrazone groups is 1. The average molecular weight is 341 g/mol. The molecule has 9 nitrogen and oxygen atoms in total. The van der Waals surface area contributed by atoms with E-state index in [0.29, 0.717) is 11.4 Å². The molecule has 1 aromatic carbocycles. The first-order valence-corrected chi connectivity index (χ1v) is 6.52. The van der Waals surface area contributed by atoms with Gasteiger partial charge in [-0.15, -0.1) is 0 Å². The molecular weight excluding hydrogens is 322 g/mol. The summed E-state index contributed by atoms with van der Waals surface area (Å²) >= 11 is 0. The van der Waals surface area contributed by atoms with Crippen LogP contribution in [0.25, 0.3) is 0 Å². The number of anilines is 1. The number of methoxy groups -OCH3 is 1. The molecule has 0 spiro atoms. The van der Waals surface area contributed by atoms with Crippen molar-refractivity contribution in [3.05, 3.63) is 48.0 Å². The van der Waals surface area contributed by atoms with Crippen LogP contribution >= 0.6 is 0 Å². The van der Waals surface area contributed by atoms with Crippen molar-refractivity contribution in [1.82, 2.24) is 9.97 Å². The maximum absolute atomic E-state index is 11.9. The van der Waals surface area contributed by atoms with E-state index in [4.69, 9.17) is 15.3 Å². The fraction of sp³-hybridized carbons (Fsp3) is 0.125. The molecule has 3 N–H and O–H groups in total. The molecule has 0 aliphatic rings. The first-order chi connectivity index (χ1) is 12.1. The fourth-order valence-corrected chi connectivity index (χ4v) is 1.41. The molecule has 0 aliphatic carbocycles. The van der Waals surface area contributed by atoms with E-state index in [-0.39, 0.29) is 11.6 Å². The van der Waals surface area contributed by atoms with Crippen molar-refractivity contribution in [1.29, 1.82) is 10.5 Å². The molecular formula is C16H19N7O2. The van der Waals surface area contributed by atoms with Gasteiger partial charge in [0.15, 0.2) is 0 Å². The van der Waals surface area contributed by atoms with Crippen LogP contribution in [0.2, 0.25) is 0 Å². The number of nitrogens with two attached hydrogens (primary N) is 1. The maximum atomic E-state index is 11.9. The quantitative estimate of drug-likeness (QED) is 0.491. The van der Waals surface area contributed by atoms with Gasteiger partial charge in [0.2, 0.25) is 0 Å². The lowest BCUT2D eigenvalue weighted by molar-refractivity contribution is 0.102. The molecule has 0 saturated carbocycles. The molecule has 25 heavy (non-hydrogen) atoms. The van der Waals surface area contributed by atoms with Gasteiger partial charge < -0.3 is 15.9 Å². The highest BCUT2D eigenvalue weighted by atomic mass is 16.5. The summed E-state index contributed by atoms with van der Waals surface area (Å²) in [6.07, 6.45) is 3.01. The number of carbonyl (C=O) groups excluding carboxylic acids is 1. The number of nitriles is 2. The summed E-state index contributed by atoms with van der Waals surface area (Å²) < 4.78 is 5.08. The molecule has 0 aliphatic heterocycles. The predicted octanol–water partition coefficient (Wildman–Crippen LogP) is 1.89. The Hall–Kier alpha value is -3.98. The van der Waals surface area contributed by atoms with E-state index < -0.39 is 0 Å². The van der Waals surface area contributed by atoms with E-state index in [1.807, 2.05) is 6.92 Å². The zero-order valence-corrected chi connectivity index (χ0v) is 14.0. The molecule has 1 aromatic heterocycles. The van der Waals surface area contributed by atoms with Gasteiger partial charge in [0.1, 0.15) is 11.4 Å². The first kappa shape index (κ1) is 23.3. The number of nitrogens with zero attached hydrogens (tertiary/aromatic N) is 5. The van der Waals surface area contributed by atoms with Gasteiger partial charge in [-0.3, -0.25) is 9.78 Å². The zero-order valence-electron chi connectivity index (χ0n) is 14.0. The summed E-state index contributed by atoms with van der Waals surface area (Å²) in [6, 6.07) is 7.12. The van der Waals surface area contributed by atoms with E-state index in [0.717, 1.165) is 5.69 Å². The molecule has 1 amide bonds. The lowest BCUT2D eigenvalue weighted by Gasteiger charge is -2.06. The molecule has 0 bridgehead atoms. The monoisotopic (exact) mass is 341 g/mol. The van der Waals surface area contributed by atoms with Crippen LogP contribution in [-0.4, -0.2) is 29.7 Å². The van der Waals surface area contributed by atoms with Crippen molar-refractivity contribution in [3.8, 4) is 18.9 Å². The van der Waals surface area contributed by atoms with Crippen molar-refractivity contribution >= 4 is 18.3 Å². The summed E-state index contributed by atoms with van der Waals surface area (Å²) in [5.74, 6) is 4.75. The smallest absolute Gasteiger partial charge is 0.275 e. The summed E-state index contributed by atoms with van der Waals surface area (Å²) in [6.45, 7) is 11.7. The lowest BCUT2D eigenvalue weighted by atomic mass is 10.3. The normalized spacial score (nSPS) is 7.76. The standard InChI is InChI=1S/C13H13N3O2.CH4N2.2CHN/c1-9-7-15-12(8-14-9)13(17)16-10-4-3-5-11(6-10)18-2;1-3-2;2*1-2/h3-8H,1-2H3,(H,16,17);1-2H2;2*1H. The molecule has 130 valence electrons. The third-order valence-corrected chi connectivity index (χ3v) is 2.34. The van der Waals surface area contributed by atoms with Crippen molar-refractivity contribution in [2.24, 2.45) is 10.9 Å². The zero-order chi connectivity index (χ0) is 19.7. The van der Waals surface area contributed by atoms with E-state index in [1.54, 1.807) is 37.6 Å². The summed E-state index contributed by atoms with van der Waals surface area (Å²) in [5.41, 5.74) is 1.71. The number of rotatable bonds is 3. The number of aryl methyl sites for hydroxylation is 1. The molecule has 2 aromatic rings. The van der Waals surface area contributed by atoms with Gasteiger partial charge in [0.05, 0.1) is 19.0 Å². The Bertz CT molecular complexity index is 676. The van der Waals surface area contributed by atoms with E-state index >= 15 is 0 Å². The van der Waals surface area contributed by atoms with Gasteiger partial charge in [-0.05, 0) is 19.1 Å². The SMILES string of the molecule is C#N.C#N.C=NN.COc1cccc(NC(=O)c2cnc(C)cn2)c1. The Morgan fingerprint density at radius 3 is 2.36 bits per heavy atom. The third kappa shape index (κ3) is 9.60. The number of carbonyl (C=O) groups is 1. The summed E-state index contributed by atoms with van der Waals surface area (Å²) in [7, 11) is 1.58. The Morgan fingerprint density at radius 1 is 1.28 bits per heavy atom. The van der Waals surface area contributed by atoms with Crippen molar-refractivity contribution < 1.29 is 9.53 Å². The number of aromatic nitrogens is 2. The Morgan fingerprint density at radius 2 is 1.88 bits per heavy atom. The number of amides is 1. The largest absolute Gasteiger partial charge is 0.497 e. The molecule has 0 fully saturated rings. The molecule has 0 saturated heterocycles. The highest BCUT2D eigenvalue weighted by molar-refractivity contribution is 6.02. The number of ether oxygens (including phenoxy) is 1. The second-order valence-corrected chi connectivity index (χ2v) is 3.91. The third-order valence-electron chi connectivity index (χ3n) is 2.34. The Labute approximate surface area is 146 Å². The highest BCUT2D eigenvalue weighted by Gasteiger charge is 2.08. The van der Waals surface area contributed by atoms with Gasteiger partial charge >= 0.3 is 0 Å². The minimum atomic E-state index is -0.296. The second-order valence-electron chi connectivity index (χ2n) is 3.91. The maximum Gasteiger partial charge on any atom is 0.275 e. The fourth-order valence-electron chi connectivity index (χ4n) is 1.41. The molecule has 0 radical (unpaired) electrons. The van der Waals surface area contributed by atoms with Gasteiger partial charge in [-0.25, -0.2) is 15.5 Å². The van der Waals surface area contributed by atoms with E-state index in [9.17, 15) is 4.79 Å². The number of hydrogen-bond donors (Lipinski definition) is 2. The van der Waals surface area contributed by atoms with Crippen molar-refractivity contribution in [2.75, 3.05) is 12.4 Å². The number of hydrogen-bond acceptors (Lipinski definition) is 8. The highest BCUT2D eigenvalue weighted by Crippen LogP contribution is 2.17. The van der Waals surface area contributed by atoms with Crippen LogP contribution in [0.15, 0.2) is 41.8 Å². The first-order valence-electron chi connectivity index (χ1n) is 6.52. The van der Waals surface area contributed by atoms with Gasteiger partial charge in [-0.1, -0.05) is 6.07 Å². The minimum Gasteiger partial charge on any atom is -0.497 e. The molecule has 0 atom stereocenters. The van der Waals surface area contributed by atoms with Crippen LogP contribution < -0.4 is 15.9 Å². The molecule has 0 unspecified atom stereocenters. The van der Waals surface area contributed by atoms with Crippen molar-refractivity contribution in [2.45, 2.75) is 6.92 Å². The van der Waals surface area contributed by atoms with Gasteiger partial charge in [-0.2, -0.15) is 5.10 Å². The van der Waals surface area contributed by atoms with Crippen LogP contribution in [0.1, 0.15) is 16.2 Å².